The summed E-state index contributed by atoms with van der Waals surface area (Å²) < 4.78 is 26.2. The van der Waals surface area contributed by atoms with Crippen molar-refractivity contribution in [2.45, 2.75) is 24.4 Å². The fraction of sp³-hybridized carbons (Fsp3) is 0.385. The average molecular weight is 285 g/mol. The fourth-order valence-electron chi connectivity index (χ4n) is 2.76. The number of aliphatic imine (C=N–C) groups is 1. The van der Waals surface area contributed by atoms with E-state index in [2.05, 4.69) is 10.3 Å². The van der Waals surface area contributed by atoms with Crippen molar-refractivity contribution in [3.05, 3.63) is 35.4 Å². The van der Waals surface area contributed by atoms with Crippen molar-refractivity contribution >= 4 is 23.2 Å². The number of carbonyl (C=O) groups excluding carboxylic acids is 1. The van der Waals surface area contributed by atoms with Gasteiger partial charge in [0.2, 0.25) is 5.91 Å². The van der Waals surface area contributed by atoms with Crippen LogP contribution in [0.3, 0.4) is 0 Å². The van der Waals surface area contributed by atoms with Gasteiger partial charge in [-0.05, 0) is 30.5 Å². The van der Waals surface area contributed by atoms with Crippen molar-refractivity contribution in [3.63, 3.8) is 0 Å². The Hall–Kier alpha value is -1.49. The minimum atomic E-state index is -0.885. The zero-order valence-corrected chi connectivity index (χ0v) is 10.6. The molecule has 1 aliphatic carbocycles. The van der Waals surface area contributed by atoms with Gasteiger partial charge in [0.25, 0.3) is 0 Å². The maximum absolute atomic E-state index is 13.3. The molecule has 6 heteroatoms. The molecular formula is C13H11ClF2N2O. The van der Waals surface area contributed by atoms with Crippen LogP contribution in [-0.4, -0.2) is 17.2 Å². The van der Waals surface area contributed by atoms with Crippen LogP contribution in [0, 0.1) is 17.6 Å². The molecule has 1 saturated carbocycles. The lowest BCUT2D eigenvalue weighted by atomic mass is 9.93. The van der Waals surface area contributed by atoms with Crippen molar-refractivity contribution in [2.75, 3.05) is 0 Å². The quantitative estimate of drug-likeness (QED) is 0.625. The third kappa shape index (κ3) is 2.12. The summed E-state index contributed by atoms with van der Waals surface area (Å²) in [6, 6.07) is 3.80. The molecule has 1 fully saturated rings. The van der Waals surface area contributed by atoms with Crippen LogP contribution in [0.2, 0.25) is 0 Å². The van der Waals surface area contributed by atoms with Gasteiger partial charge in [-0.15, -0.1) is 0 Å². The Kier molecular flexibility index (Phi) is 3.01. The average Bonchev–Trinajstić information content (AvgIpc) is 2.76. The summed E-state index contributed by atoms with van der Waals surface area (Å²) in [7, 11) is 0. The number of hydrogen-bond donors (Lipinski definition) is 1. The molecule has 1 aliphatic heterocycles. The monoisotopic (exact) mass is 284 g/mol. The van der Waals surface area contributed by atoms with E-state index in [0.717, 1.165) is 6.07 Å². The molecule has 3 rings (SSSR count). The molecule has 0 saturated heterocycles. The Morgan fingerprint density at radius 1 is 1.21 bits per heavy atom. The van der Waals surface area contributed by atoms with Crippen LogP contribution in [0.25, 0.3) is 0 Å². The number of hydrogen-bond acceptors (Lipinski definition) is 2. The van der Waals surface area contributed by atoms with E-state index in [0.29, 0.717) is 24.1 Å². The molecule has 1 aromatic rings. The number of halogens is 3. The van der Waals surface area contributed by atoms with E-state index in [1.165, 1.54) is 12.1 Å². The van der Waals surface area contributed by atoms with Gasteiger partial charge in [-0.25, -0.2) is 8.78 Å². The Morgan fingerprint density at radius 2 is 1.95 bits per heavy atom. The molecule has 0 radical (unpaired) electrons. The third-order valence-corrected chi connectivity index (χ3v) is 3.85. The molecule has 1 amide bonds. The van der Waals surface area contributed by atoms with Crippen molar-refractivity contribution in [1.29, 1.82) is 0 Å². The molecule has 0 bridgehead atoms. The summed E-state index contributed by atoms with van der Waals surface area (Å²) in [5.41, 5.74) is 0.540. The second kappa shape index (κ2) is 4.56. The second-order valence-electron chi connectivity index (χ2n) is 4.75. The van der Waals surface area contributed by atoms with Gasteiger partial charge in [0.15, 0.2) is 17.3 Å². The first-order valence-corrected chi connectivity index (χ1v) is 6.47. The highest BCUT2D eigenvalue weighted by molar-refractivity contribution is 6.24. The van der Waals surface area contributed by atoms with Gasteiger partial charge >= 0.3 is 0 Å². The number of nitrogens with one attached hydrogen (secondary N) is 1. The van der Waals surface area contributed by atoms with Crippen LogP contribution in [0.1, 0.15) is 24.3 Å². The van der Waals surface area contributed by atoms with E-state index in [9.17, 15) is 13.6 Å². The van der Waals surface area contributed by atoms with E-state index >= 15 is 0 Å². The zero-order chi connectivity index (χ0) is 13.6. The lowest BCUT2D eigenvalue weighted by molar-refractivity contribution is -0.123. The highest BCUT2D eigenvalue weighted by atomic mass is 35.5. The van der Waals surface area contributed by atoms with E-state index in [-0.39, 0.29) is 17.7 Å². The van der Waals surface area contributed by atoms with Crippen LogP contribution in [0.15, 0.2) is 23.2 Å². The fourth-order valence-corrected chi connectivity index (χ4v) is 2.99. The van der Waals surface area contributed by atoms with Crippen LogP contribution >= 0.6 is 11.6 Å². The first-order chi connectivity index (χ1) is 9.06. The minimum Gasteiger partial charge on any atom is -0.321 e. The van der Waals surface area contributed by atoms with Gasteiger partial charge in [-0.3, -0.25) is 9.79 Å². The summed E-state index contributed by atoms with van der Waals surface area (Å²) in [6.07, 6.45) is 1.34. The Bertz CT molecular complexity index is 576. The van der Waals surface area contributed by atoms with Crippen molar-refractivity contribution in [1.82, 2.24) is 5.32 Å². The summed E-state index contributed by atoms with van der Waals surface area (Å²) in [5, 5.41) is 2.55. The summed E-state index contributed by atoms with van der Waals surface area (Å²) >= 11 is 5.83. The maximum Gasteiger partial charge on any atom is 0.231 e. The Morgan fingerprint density at radius 3 is 2.68 bits per heavy atom. The third-order valence-electron chi connectivity index (χ3n) is 3.64. The smallest absolute Gasteiger partial charge is 0.231 e. The topological polar surface area (TPSA) is 41.5 Å². The summed E-state index contributed by atoms with van der Waals surface area (Å²) in [4.78, 5) is 16.0. The molecule has 1 heterocycles. The maximum atomic E-state index is 13.3. The van der Waals surface area contributed by atoms with Gasteiger partial charge < -0.3 is 5.32 Å². The Labute approximate surface area is 113 Å². The van der Waals surface area contributed by atoms with Crippen LogP contribution in [0.5, 0.6) is 0 Å². The molecule has 100 valence electrons. The van der Waals surface area contributed by atoms with Gasteiger partial charge in [0, 0.05) is 11.6 Å². The number of benzene rings is 1. The molecule has 2 aliphatic rings. The van der Waals surface area contributed by atoms with E-state index in [1.54, 1.807) is 0 Å². The van der Waals surface area contributed by atoms with Gasteiger partial charge in [0.05, 0.1) is 5.92 Å². The Balaban J connectivity index is 1.98. The number of fused-ring (bicyclic) bond motifs is 1. The van der Waals surface area contributed by atoms with Crippen LogP contribution in [-0.2, 0) is 4.79 Å². The van der Waals surface area contributed by atoms with E-state index in [4.69, 9.17) is 11.6 Å². The highest BCUT2D eigenvalue weighted by Crippen LogP contribution is 2.38. The molecule has 0 spiro atoms. The van der Waals surface area contributed by atoms with Crippen molar-refractivity contribution < 1.29 is 13.6 Å². The normalized spacial score (nSPS) is 29.7. The van der Waals surface area contributed by atoms with Gasteiger partial charge in [0.1, 0.15) is 0 Å². The minimum absolute atomic E-state index is 0.143. The predicted octanol–water partition coefficient (Wildman–Crippen LogP) is 2.55. The first-order valence-electron chi connectivity index (χ1n) is 6.03. The molecule has 1 aromatic carbocycles. The molecular weight excluding hydrogens is 274 g/mol. The SMILES string of the molecule is O=C1NC(Cl)N=C2C1CCC2c1ccc(F)c(F)c1. The number of alkyl halides is 1. The summed E-state index contributed by atoms with van der Waals surface area (Å²) in [5.74, 6) is -2.36. The van der Waals surface area contributed by atoms with Crippen LogP contribution in [0.4, 0.5) is 8.78 Å². The molecule has 1 N–H and O–H groups in total. The summed E-state index contributed by atoms with van der Waals surface area (Å²) in [6.45, 7) is 0. The number of amides is 1. The molecule has 19 heavy (non-hydrogen) atoms. The number of rotatable bonds is 1. The molecule has 3 unspecified atom stereocenters. The van der Waals surface area contributed by atoms with Crippen LogP contribution < -0.4 is 5.32 Å². The van der Waals surface area contributed by atoms with E-state index in [1.807, 2.05) is 0 Å². The number of nitrogens with zero attached hydrogens (tertiary/aromatic N) is 1. The van der Waals surface area contributed by atoms with Crippen molar-refractivity contribution in [2.24, 2.45) is 10.9 Å². The van der Waals surface area contributed by atoms with Crippen molar-refractivity contribution in [3.8, 4) is 0 Å². The van der Waals surface area contributed by atoms with Gasteiger partial charge in [-0.1, -0.05) is 17.7 Å². The molecule has 3 atom stereocenters. The van der Waals surface area contributed by atoms with E-state index < -0.39 is 17.3 Å². The second-order valence-corrected chi connectivity index (χ2v) is 5.17. The zero-order valence-electron chi connectivity index (χ0n) is 9.87. The lowest BCUT2D eigenvalue weighted by Gasteiger charge is -2.23. The lowest BCUT2D eigenvalue weighted by Crippen LogP contribution is -2.42. The molecule has 3 nitrogen and oxygen atoms in total. The predicted molar refractivity (Wildman–Crippen MR) is 67.0 cm³/mol. The van der Waals surface area contributed by atoms with Gasteiger partial charge in [-0.2, -0.15) is 0 Å². The number of carbonyl (C=O) groups is 1. The first kappa shape index (κ1) is 12.5. The highest BCUT2D eigenvalue weighted by Gasteiger charge is 2.40. The largest absolute Gasteiger partial charge is 0.321 e. The molecule has 0 aromatic heterocycles. The standard InChI is InChI=1S/C13H11ClF2N2O/c14-13-17-11-7(2-3-8(11)12(19)18-13)6-1-4-9(15)10(16)5-6/h1,4-5,7-8,13H,2-3H2,(H,18,19).